The Kier molecular flexibility index (Phi) is 5.21. The van der Waals surface area contributed by atoms with Crippen LogP contribution in [0.5, 0.6) is 0 Å². The summed E-state index contributed by atoms with van der Waals surface area (Å²) in [5.74, 6) is 4.79. The SMILES string of the molecule is CNc1cc(NCC2CCC(C)CC2)nc(C(C)C)n1. The first kappa shape index (κ1) is 15.1. The molecule has 1 aliphatic rings. The molecule has 4 nitrogen and oxygen atoms in total. The highest BCUT2D eigenvalue weighted by molar-refractivity contribution is 5.47. The molecule has 0 amide bonds. The fourth-order valence-corrected chi connectivity index (χ4v) is 2.72. The zero-order valence-electron chi connectivity index (χ0n) is 13.2. The summed E-state index contributed by atoms with van der Waals surface area (Å²) in [6.45, 7) is 7.65. The molecule has 1 aromatic heterocycles. The summed E-state index contributed by atoms with van der Waals surface area (Å²) in [4.78, 5) is 9.11. The largest absolute Gasteiger partial charge is 0.373 e. The molecule has 20 heavy (non-hydrogen) atoms. The Labute approximate surface area is 122 Å². The first-order valence-corrected chi connectivity index (χ1v) is 7.89. The topological polar surface area (TPSA) is 49.8 Å². The molecule has 1 fully saturated rings. The Hall–Kier alpha value is -1.32. The van der Waals surface area contributed by atoms with Crippen molar-refractivity contribution in [2.75, 3.05) is 24.2 Å². The van der Waals surface area contributed by atoms with Crippen molar-refractivity contribution in [1.82, 2.24) is 9.97 Å². The van der Waals surface area contributed by atoms with Crippen molar-refractivity contribution in [3.63, 3.8) is 0 Å². The minimum absolute atomic E-state index is 0.347. The molecule has 2 N–H and O–H groups in total. The van der Waals surface area contributed by atoms with Crippen LogP contribution in [0.3, 0.4) is 0 Å². The average Bonchev–Trinajstić information content (AvgIpc) is 2.46. The van der Waals surface area contributed by atoms with E-state index < -0.39 is 0 Å². The zero-order chi connectivity index (χ0) is 14.5. The second-order valence-corrected chi connectivity index (χ2v) is 6.41. The lowest BCUT2D eigenvalue weighted by molar-refractivity contribution is 0.300. The van der Waals surface area contributed by atoms with Crippen LogP contribution in [0.15, 0.2) is 6.07 Å². The highest BCUT2D eigenvalue weighted by Gasteiger charge is 2.18. The van der Waals surface area contributed by atoms with Crippen LogP contribution in [0.2, 0.25) is 0 Å². The van der Waals surface area contributed by atoms with Crippen molar-refractivity contribution in [2.24, 2.45) is 11.8 Å². The molecular formula is C16H28N4. The summed E-state index contributed by atoms with van der Waals surface area (Å²) < 4.78 is 0. The number of aromatic nitrogens is 2. The molecule has 1 heterocycles. The normalized spacial score (nSPS) is 22.9. The predicted molar refractivity (Wildman–Crippen MR) is 85.3 cm³/mol. The maximum Gasteiger partial charge on any atom is 0.135 e. The molecule has 0 aromatic carbocycles. The molecule has 0 saturated heterocycles. The number of hydrogen-bond acceptors (Lipinski definition) is 4. The van der Waals surface area contributed by atoms with Crippen molar-refractivity contribution in [2.45, 2.75) is 52.4 Å². The molecule has 0 bridgehead atoms. The summed E-state index contributed by atoms with van der Waals surface area (Å²) in [6.07, 6.45) is 5.43. The van der Waals surface area contributed by atoms with Gasteiger partial charge < -0.3 is 10.6 Å². The minimum Gasteiger partial charge on any atom is -0.373 e. The highest BCUT2D eigenvalue weighted by atomic mass is 15.1. The first-order chi connectivity index (χ1) is 9.58. The lowest BCUT2D eigenvalue weighted by atomic mass is 9.83. The average molecular weight is 276 g/mol. The summed E-state index contributed by atoms with van der Waals surface area (Å²) in [7, 11) is 1.90. The van der Waals surface area contributed by atoms with E-state index in [4.69, 9.17) is 0 Å². The van der Waals surface area contributed by atoms with Gasteiger partial charge in [-0.15, -0.1) is 0 Å². The fraction of sp³-hybridized carbons (Fsp3) is 0.750. The van der Waals surface area contributed by atoms with Crippen LogP contribution in [0.1, 0.15) is 58.2 Å². The Morgan fingerprint density at radius 3 is 2.40 bits per heavy atom. The monoisotopic (exact) mass is 276 g/mol. The van der Waals surface area contributed by atoms with Gasteiger partial charge in [-0.25, -0.2) is 9.97 Å². The molecule has 0 atom stereocenters. The molecule has 0 spiro atoms. The van der Waals surface area contributed by atoms with Gasteiger partial charge in [0, 0.05) is 25.6 Å². The third kappa shape index (κ3) is 4.09. The summed E-state index contributed by atoms with van der Waals surface area (Å²) >= 11 is 0. The van der Waals surface area contributed by atoms with Gasteiger partial charge in [0.15, 0.2) is 0 Å². The van der Waals surface area contributed by atoms with E-state index in [9.17, 15) is 0 Å². The Morgan fingerprint density at radius 2 is 1.80 bits per heavy atom. The third-order valence-corrected chi connectivity index (χ3v) is 4.22. The van der Waals surface area contributed by atoms with Crippen LogP contribution in [0, 0.1) is 11.8 Å². The van der Waals surface area contributed by atoms with Gasteiger partial charge >= 0.3 is 0 Å². The van der Waals surface area contributed by atoms with Gasteiger partial charge in [-0.05, 0) is 24.7 Å². The Balaban J connectivity index is 1.96. The van der Waals surface area contributed by atoms with Crippen molar-refractivity contribution >= 4 is 11.6 Å². The molecule has 0 radical (unpaired) electrons. The number of anilines is 2. The van der Waals surface area contributed by atoms with E-state index in [1.54, 1.807) is 0 Å². The molecule has 0 unspecified atom stereocenters. The number of nitrogens with zero attached hydrogens (tertiary/aromatic N) is 2. The number of nitrogens with one attached hydrogen (secondary N) is 2. The molecule has 2 rings (SSSR count). The van der Waals surface area contributed by atoms with Crippen molar-refractivity contribution in [3.05, 3.63) is 11.9 Å². The van der Waals surface area contributed by atoms with E-state index in [-0.39, 0.29) is 0 Å². The summed E-state index contributed by atoms with van der Waals surface area (Å²) in [5, 5.41) is 6.62. The van der Waals surface area contributed by atoms with E-state index in [0.29, 0.717) is 5.92 Å². The summed E-state index contributed by atoms with van der Waals surface area (Å²) in [5.41, 5.74) is 0. The predicted octanol–water partition coefficient (Wildman–Crippen LogP) is 3.88. The van der Waals surface area contributed by atoms with Crippen LogP contribution in [0.4, 0.5) is 11.6 Å². The minimum atomic E-state index is 0.347. The van der Waals surface area contributed by atoms with Gasteiger partial charge in [0.2, 0.25) is 0 Å². The third-order valence-electron chi connectivity index (χ3n) is 4.22. The van der Waals surface area contributed by atoms with Crippen molar-refractivity contribution in [3.8, 4) is 0 Å². The van der Waals surface area contributed by atoms with Gasteiger partial charge in [0.1, 0.15) is 17.5 Å². The van der Waals surface area contributed by atoms with Gasteiger partial charge in [-0.2, -0.15) is 0 Å². The quantitative estimate of drug-likeness (QED) is 0.857. The van der Waals surface area contributed by atoms with E-state index in [1.807, 2.05) is 13.1 Å². The smallest absolute Gasteiger partial charge is 0.135 e. The van der Waals surface area contributed by atoms with E-state index in [0.717, 1.165) is 35.8 Å². The standard InChI is InChI=1S/C16H28N4/c1-11(2)16-19-14(17-4)9-15(20-16)18-10-13-7-5-12(3)6-8-13/h9,11-13H,5-8,10H2,1-4H3,(H2,17,18,19,20). The van der Waals surface area contributed by atoms with Gasteiger partial charge in [-0.1, -0.05) is 33.6 Å². The maximum atomic E-state index is 4.62. The number of hydrogen-bond donors (Lipinski definition) is 2. The molecule has 112 valence electrons. The van der Waals surface area contributed by atoms with Crippen molar-refractivity contribution in [1.29, 1.82) is 0 Å². The van der Waals surface area contributed by atoms with Gasteiger partial charge in [-0.3, -0.25) is 0 Å². The Bertz CT molecular complexity index is 422. The van der Waals surface area contributed by atoms with Crippen molar-refractivity contribution < 1.29 is 0 Å². The molecule has 4 heteroatoms. The van der Waals surface area contributed by atoms with Crippen LogP contribution >= 0.6 is 0 Å². The summed E-state index contributed by atoms with van der Waals surface area (Å²) in [6, 6.07) is 2.00. The van der Waals surface area contributed by atoms with Gasteiger partial charge in [0.25, 0.3) is 0 Å². The van der Waals surface area contributed by atoms with Crippen LogP contribution in [-0.2, 0) is 0 Å². The molecule has 1 saturated carbocycles. The lowest BCUT2D eigenvalue weighted by Gasteiger charge is -2.26. The van der Waals surface area contributed by atoms with E-state index >= 15 is 0 Å². The molecule has 1 aliphatic carbocycles. The second-order valence-electron chi connectivity index (χ2n) is 6.41. The van der Waals surface area contributed by atoms with Crippen LogP contribution in [0.25, 0.3) is 0 Å². The van der Waals surface area contributed by atoms with Gasteiger partial charge in [0.05, 0.1) is 0 Å². The van der Waals surface area contributed by atoms with E-state index in [2.05, 4.69) is 41.4 Å². The Morgan fingerprint density at radius 1 is 1.15 bits per heavy atom. The molecule has 1 aromatic rings. The maximum absolute atomic E-state index is 4.62. The molecular weight excluding hydrogens is 248 g/mol. The first-order valence-electron chi connectivity index (χ1n) is 7.89. The highest BCUT2D eigenvalue weighted by Crippen LogP contribution is 2.28. The lowest BCUT2D eigenvalue weighted by Crippen LogP contribution is -2.21. The number of rotatable bonds is 5. The van der Waals surface area contributed by atoms with Crippen LogP contribution in [-0.4, -0.2) is 23.6 Å². The zero-order valence-corrected chi connectivity index (χ0v) is 13.2. The second kappa shape index (κ2) is 6.91. The fourth-order valence-electron chi connectivity index (χ4n) is 2.72. The molecule has 0 aliphatic heterocycles. The van der Waals surface area contributed by atoms with Crippen LogP contribution < -0.4 is 10.6 Å². The van der Waals surface area contributed by atoms with E-state index in [1.165, 1.54) is 25.7 Å².